The molecule has 0 aliphatic rings. The number of thiazole rings is 1. The van der Waals surface area contributed by atoms with E-state index in [0.717, 1.165) is 29.1 Å². The average Bonchev–Trinajstić information content (AvgIpc) is 3.34. The average molecular weight is 384 g/mol. The number of nitrogens with one attached hydrogen (secondary N) is 1. The fourth-order valence-electron chi connectivity index (χ4n) is 3.11. The van der Waals surface area contributed by atoms with Crippen LogP contribution in [0.4, 0.5) is 0 Å². The molecular weight excluding hydrogens is 358 g/mol. The van der Waals surface area contributed by atoms with Crippen molar-refractivity contribution >= 4 is 17.2 Å². The Morgan fingerprint density at radius 1 is 1.26 bits per heavy atom. The number of aryl methyl sites for hydroxylation is 2. The molecule has 1 aromatic carbocycles. The van der Waals surface area contributed by atoms with Gasteiger partial charge in [-0.1, -0.05) is 43.7 Å². The quantitative estimate of drug-likeness (QED) is 0.648. The molecule has 0 spiro atoms. The van der Waals surface area contributed by atoms with Crippen LogP contribution in [-0.2, 0) is 17.6 Å². The zero-order valence-corrected chi connectivity index (χ0v) is 16.7. The van der Waals surface area contributed by atoms with Crippen LogP contribution in [0.15, 0.2) is 42.3 Å². The first-order valence-corrected chi connectivity index (χ1v) is 10.1. The lowest BCUT2D eigenvalue weighted by Crippen LogP contribution is -2.42. The zero-order chi connectivity index (χ0) is 19.2. The number of nitrogens with zero attached hydrogens (tertiary/aromatic N) is 4. The molecule has 2 heterocycles. The largest absolute Gasteiger partial charge is 0.351 e. The third-order valence-corrected chi connectivity index (χ3v) is 5.59. The molecule has 6 nitrogen and oxygen atoms in total. The van der Waals surface area contributed by atoms with E-state index in [4.69, 9.17) is 0 Å². The summed E-state index contributed by atoms with van der Waals surface area (Å²) in [6.45, 7) is 6.20. The molecule has 142 valence electrons. The van der Waals surface area contributed by atoms with E-state index in [-0.39, 0.29) is 18.0 Å². The van der Waals surface area contributed by atoms with E-state index in [0.29, 0.717) is 6.42 Å². The van der Waals surface area contributed by atoms with Crippen molar-refractivity contribution in [3.8, 4) is 0 Å². The molecule has 3 aromatic rings. The number of amides is 1. The Hall–Kier alpha value is -2.54. The van der Waals surface area contributed by atoms with Crippen LogP contribution >= 0.6 is 11.3 Å². The van der Waals surface area contributed by atoms with Crippen molar-refractivity contribution in [1.82, 2.24) is 25.1 Å². The highest BCUT2D eigenvalue weighted by Crippen LogP contribution is 2.24. The number of carbonyl (C=O) groups is 1. The van der Waals surface area contributed by atoms with Gasteiger partial charge in [0, 0.05) is 5.38 Å². The molecule has 1 N–H and O–H groups in total. The van der Waals surface area contributed by atoms with E-state index in [9.17, 15) is 4.79 Å². The normalized spacial score (nSPS) is 13.3. The summed E-state index contributed by atoms with van der Waals surface area (Å²) in [7, 11) is 0. The van der Waals surface area contributed by atoms with Gasteiger partial charge in [-0.15, -0.1) is 11.3 Å². The van der Waals surface area contributed by atoms with Gasteiger partial charge in [-0.25, -0.2) is 14.6 Å². The Bertz CT molecular complexity index is 857. The van der Waals surface area contributed by atoms with Gasteiger partial charge in [0.2, 0.25) is 5.91 Å². The highest BCUT2D eigenvalue weighted by Gasteiger charge is 2.26. The van der Waals surface area contributed by atoms with Crippen LogP contribution in [0.1, 0.15) is 48.1 Å². The molecule has 0 fully saturated rings. The SMILES string of the molecule is CCc1nc(CC(=O)N[C@H](CC)[C@@H](c2ccc(C)cc2)n2cncn2)cs1. The van der Waals surface area contributed by atoms with Crippen molar-refractivity contribution in [3.63, 3.8) is 0 Å². The molecule has 0 bridgehead atoms. The molecule has 2 atom stereocenters. The van der Waals surface area contributed by atoms with E-state index in [2.05, 4.69) is 65.4 Å². The Balaban J connectivity index is 1.78. The number of carbonyl (C=O) groups excluding carboxylic acids is 1. The topological polar surface area (TPSA) is 72.7 Å². The molecule has 0 aliphatic heterocycles. The minimum Gasteiger partial charge on any atom is -0.351 e. The molecule has 0 saturated carbocycles. The minimum atomic E-state index is -0.108. The van der Waals surface area contributed by atoms with Crippen LogP contribution in [0, 0.1) is 6.92 Å². The number of hydrogen-bond acceptors (Lipinski definition) is 5. The molecule has 7 heteroatoms. The van der Waals surface area contributed by atoms with Gasteiger partial charge in [-0.3, -0.25) is 4.79 Å². The molecule has 2 aromatic heterocycles. The van der Waals surface area contributed by atoms with Crippen molar-refractivity contribution in [2.24, 2.45) is 0 Å². The first-order chi connectivity index (χ1) is 13.1. The molecule has 1 amide bonds. The van der Waals surface area contributed by atoms with Gasteiger partial charge in [-0.05, 0) is 25.3 Å². The second-order valence-corrected chi connectivity index (χ2v) is 7.52. The lowest BCUT2D eigenvalue weighted by atomic mass is 9.96. The summed E-state index contributed by atoms with van der Waals surface area (Å²) in [5.74, 6) is -0.0213. The fraction of sp³-hybridized carbons (Fsp3) is 0.400. The molecule has 3 rings (SSSR count). The van der Waals surface area contributed by atoms with Gasteiger partial charge in [0.15, 0.2) is 0 Å². The maximum absolute atomic E-state index is 12.6. The Morgan fingerprint density at radius 2 is 2.04 bits per heavy atom. The fourth-order valence-corrected chi connectivity index (χ4v) is 3.86. The molecular formula is C20H25N5OS. The molecule has 0 unspecified atom stereocenters. The van der Waals surface area contributed by atoms with Gasteiger partial charge in [0.1, 0.15) is 12.7 Å². The summed E-state index contributed by atoms with van der Waals surface area (Å²) in [5, 5.41) is 10.5. The minimum absolute atomic E-state index is 0.0213. The molecule has 0 radical (unpaired) electrons. The predicted molar refractivity (Wildman–Crippen MR) is 107 cm³/mol. The van der Waals surface area contributed by atoms with Gasteiger partial charge < -0.3 is 5.32 Å². The van der Waals surface area contributed by atoms with Gasteiger partial charge in [-0.2, -0.15) is 5.10 Å². The molecule has 0 saturated heterocycles. The summed E-state index contributed by atoms with van der Waals surface area (Å²) in [4.78, 5) is 21.2. The summed E-state index contributed by atoms with van der Waals surface area (Å²) < 4.78 is 1.82. The number of hydrogen-bond donors (Lipinski definition) is 1. The predicted octanol–water partition coefficient (Wildman–Crippen LogP) is 3.33. The molecule has 0 aliphatic carbocycles. The monoisotopic (exact) mass is 383 g/mol. The Kier molecular flexibility index (Phi) is 6.34. The smallest absolute Gasteiger partial charge is 0.226 e. The summed E-state index contributed by atoms with van der Waals surface area (Å²) in [5.41, 5.74) is 3.13. The van der Waals surface area contributed by atoms with Gasteiger partial charge in [0.25, 0.3) is 0 Å². The van der Waals surface area contributed by atoms with E-state index < -0.39 is 0 Å². The van der Waals surface area contributed by atoms with Crippen LogP contribution in [0.5, 0.6) is 0 Å². The van der Waals surface area contributed by atoms with E-state index in [1.54, 1.807) is 17.7 Å². The summed E-state index contributed by atoms with van der Waals surface area (Å²) >= 11 is 1.61. The number of rotatable bonds is 8. The van der Waals surface area contributed by atoms with Crippen LogP contribution in [0.25, 0.3) is 0 Å². The van der Waals surface area contributed by atoms with Gasteiger partial charge >= 0.3 is 0 Å². The third-order valence-electron chi connectivity index (χ3n) is 4.55. The van der Waals surface area contributed by atoms with Crippen LogP contribution in [-0.4, -0.2) is 31.7 Å². The van der Waals surface area contributed by atoms with Crippen LogP contribution in [0.3, 0.4) is 0 Å². The Labute approximate surface area is 163 Å². The van der Waals surface area contributed by atoms with Crippen molar-refractivity contribution in [2.45, 2.75) is 52.1 Å². The molecule has 27 heavy (non-hydrogen) atoms. The second-order valence-electron chi connectivity index (χ2n) is 6.58. The zero-order valence-electron chi connectivity index (χ0n) is 15.9. The maximum atomic E-state index is 12.6. The first-order valence-electron chi connectivity index (χ1n) is 9.24. The van der Waals surface area contributed by atoms with E-state index in [1.807, 2.05) is 10.1 Å². The van der Waals surface area contributed by atoms with Crippen molar-refractivity contribution in [2.75, 3.05) is 0 Å². The Morgan fingerprint density at radius 3 is 2.63 bits per heavy atom. The second kappa shape index (κ2) is 8.90. The lowest BCUT2D eigenvalue weighted by molar-refractivity contribution is -0.121. The summed E-state index contributed by atoms with van der Waals surface area (Å²) in [6, 6.07) is 8.13. The summed E-state index contributed by atoms with van der Waals surface area (Å²) in [6.07, 6.45) is 5.20. The van der Waals surface area contributed by atoms with Crippen molar-refractivity contribution in [1.29, 1.82) is 0 Å². The third kappa shape index (κ3) is 4.80. The van der Waals surface area contributed by atoms with Crippen molar-refractivity contribution < 1.29 is 4.79 Å². The highest BCUT2D eigenvalue weighted by atomic mass is 32.1. The maximum Gasteiger partial charge on any atom is 0.226 e. The van der Waals surface area contributed by atoms with E-state index in [1.165, 1.54) is 11.9 Å². The van der Waals surface area contributed by atoms with Gasteiger partial charge in [0.05, 0.1) is 29.2 Å². The van der Waals surface area contributed by atoms with Crippen LogP contribution in [0.2, 0.25) is 0 Å². The first kappa shape index (κ1) is 19.2. The number of aromatic nitrogens is 4. The van der Waals surface area contributed by atoms with E-state index >= 15 is 0 Å². The highest BCUT2D eigenvalue weighted by molar-refractivity contribution is 7.09. The number of benzene rings is 1. The van der Waals surface area contributed by atoms with Crippen molar-refractivity contribution in [3.05, 3.63) is 64.1 Å². The van der Waals surface area contributed by atoms with Crippen LogP contribution < -0.4 is 5.32 Å². The lowest BCUT2D eigenvalue weighted by Gasteiger charge is -2.27. The standard InChI is InChI=1S/C20H25N5OS/c1-4-17(24-18(26)10-16-11-27-19(5-2)23-16)20(25-13-21-12-22-25)15-8-6-14(3)7-9-15/h6-9,11-13,17,20H,4-5,10H2,1-3H3,(H,24,26)/t17-,20-/m1/s1.